The van der Waals surface area contributed by atoms with Crippen LogP contribution in [0.25, 0.3) is 0 Å². The molecule has 0 amide bonds. The predicted octanol–water partition coefficient (Wildman–Crippen LogP) is 13.6. The molecular weight excluding hydrogens is 1100 g/mol. The van der Waals surface area contributed by atoms with Gasteiger partial charge in [-0.25, -0.2) is 4.98 Å². The van der Waals surface area contributed by atoms with Gasteiger partial charge in [0.25, 0.3) is 0 Å². The van der Waals surface area contributed by atoms with Crippen molar-refractivity contribution in [3.05, 3.63) is 172 Å². The minimum Gasteiger partial charge on any atom is -0.443 e. The van der Waals surface area contributed by atoms with Gasteiger partial charge in [0.05, 0.1) is 57.3 Å². The summed E-state index contributed by atoms with van der Waals surface area (Å²) in [7, 11) is 0. The highest BCUT2D eigenvalue weighted by atomic mass is 19.4. The number of alkyl halides is 24. The second-order valence-electron chi connectivity index (χ2n) is 16.8. The predicted molar refractivity (Wildman–Crippen MR) is 226 cm³/mol. The summed E-state index contributed by atoms with van der Waals surface area (Å²) in [5.74, 6) is 0.687. The largest absolute Gasteiger partial charge is 0.443 e. The van der Waals surface area contributed by atoms with Gasteiger partial charge in [-0.1, -0.05) is 92.2 Å². The van der Waals surface area contributed by atoms with Gasteiger partial charge in [-0.3, -0.25) is 4.79 Å². The molecule has 0 atom stereocenters. The maximum absolute atomic E-state index is 14.2. The Balaban J connectivity index is 0.000000455. The molecule has 6 rings (SSSR count). The van der Waals surface area contributed by atoms with Crippen molar-refractivity contribution in [2.24, 2.45) is 0 Å². The Morgan fingerprint density at radius 2 is 0.740 bits per heavy atom. The Morgan fingerprint density at radius 1 is 0.455 bits per heavy atom. The Morgan fingerprint density at radius 3 is 1.00 bits per heavy atom. The Hall–Kier alpha value is -6.97. The van der Waals surface area contributed by atoms with Crippen LogP contribution in [0.3, 0.4) is 0 Å². The van der Waals surface area contributed by atoms with Gasteiger partial charge >= 0.3 is 55.3 Å². The summed E-state index contributed by atoms with van der Waals surface area (Å²) in [6.45, 7) is 3.01. The molecule has 77 heavy (non-hydrogen) atoms. The molecule has 29 heteroatoms. The monoisotopic (exact) mass is 1130 g/mol. The summed E-state index contributed by atoms with van der Waals surface area (Å²) in [4.78, 5) is 16.2. The van der Waals surface area contributed by atoms with Crippen molar-refractivity contribution < 1.29 is 119 Å². The number of carbonyl (C=O) groups is 1. The van der Waals surface area contributed by atoms with Crippen LogP contribution in [-0.4, -0.2) is 23.5 Å². The van der Waals surface area contributed by atoms with Crippen molar-refractivity contribution in [1.29, 1.82) is 0 Å². The highest BCUT2D eigenvalue weighted by Gasteiger charge is 2.47. The zero-order valence-electron chi connectivity index (χ0n) is 38.2. The van der Waals surface area contributed by atoms with Gasteiger partial charge in [-0.2, -0.15) is 132 Å². The molecule has 0 saturated carbocycles. The number of ether oxygens (including phenoxy) is 1. The highest BCUT2D eigenvalue weighted by Crippen LogP contribution is 2.41. The first-order valence-corrected chi connectivity index (χ1v) is 21.5. The number of ketones is 1. The van der Waals surface area contributed by atoms with Crippen molar-refractivity contribution in [3.63, 3.8) is 0 Å². The van der Waals surface area contributed by atoms with Crippen molar-refractivity contribution >= 4 is 33.8 Å². The van der Waals surface area contributed by atoms with Crippen LogP contribution >= 0.6 is 0 Å². The van der Waals surface area contributed by atoms with Crippen LogP contribution in [0.2, 0.25) is 0 Å². The lowest BCUT2D eigenvalue weighted by molar-refractivity contribution is -0.689. The molecule has 0 spiro atoms. The van der Waals surface area contributed by atoms with Crippen LogP contribution in [-0.2, 0) is 56.0 Å². The van der Waals surface area contributed by atoms with E-state index < -0.39 is 195 Å². The molecule has 0 saturated heterocycles. The normalized spacial score (nSPS) is 13.3. The zero-order chi connectivity index (χ0) is 58.1. The zero-order valence-corrected chi connectivity index (χ0v) is 38.2. The number of hydrogen-bond donors (Lipinski definition) is 0. The van der Waals surface area contributed by atoms with Gasteiger partial charge < -0.3 is 4.74 Å². The first-order valence-electron chi connectivity index (χ1n) is 21.5. The average Bonchev–Trinajstić information content (AvgIpc) is 3.30. The lowest BCUT2D eigenvalue weighted by atomic mass is 9.12. The molecule has 0 radical (unpaired) electrons. The molecule has 0 bridgehead atoms. The molecular formula is C48H31BF24N2O2. The fourth-order valence-corrected chi connectivity index (χ4v) is 7.89. The van der Waals surface area contributed by atoms with E-state index in [-0.39, 0.29) is 12.3 Å². The fraction of sp³-hybridized carbons (Fsp3) is 0.271. The standard InChI is InChI=1S/C32H12BF24.C16H19N2O2/c34-25(35,36)13-1-14(26(37,38)39)6-21(5-13)33(22-7-15(27(40,41)42)2-16(8-22)28(43,44)45,23-9-17(29(46,47)48)3-18(10-23)30(49,50)51)24-11-19(31(52,53)54)4-20(12-24)32(55,56)57;1-2-3-11-20-16-12-17-9-10-18(16)13-15(19)14-7-5-4-6-8-14/h1-12H;4-10,12H,2-3,11,13H2,1H3/q-1;+1. The molecule has 5 aromatic carbocycles. The van der Waals surface area contributed by atoms with E-state index in [1.807, 2.05) is 30.3 Å². The number of halogens is 24. The molecule has 0 aliphatic rings. The van der Waals surface area contributed by atoms with E-state index in [4.69, 9.17) is 4.74 Å². The second kappa shape index (κ2) is 21.8. The van der Waals surface area contributed by atoms with Gasteiger partial charge in [-0.15, -0.1) is 0 Å². The van der Waals surface area contributed by atoms with E-state index >= 15 is 0 Å². The number of carbonyl (C=O) groups excluding carboxylic acids is 1. The van der Waals surface area contributed by atoms with Gasteiger partial charge in [0, 0.05) is 5.56 Å². The third kappa shape index (κ3) is 14.7. The van der Waals surface area contributed by atoms with Crippen LogP contribution in [0.1, 0.15) is 74.6 Å². The quantitative estimate of drug-likeness (QED) is 0.0427. The minimum absolute atomic E-state index is 0.0575. The molecule has 0 N–H and O–H groups in total. The van der Waals surface area contributed by atoms with E-state index in [2.05, 4.69) is 11.9 Å². The van der Waals surface area contributed by atoms with Gasteiger partial charge in [0.2, 0.25) is 12.3 Å². The summed E-state index contributed by atoms with van der Waals surface area (Å²) in [6, 6.07) is 0.459. The molecule has 416 valence electrons. The first kappa shape index (κ1) is 60.9. The van der Waals surface area contributed by atoms with Crippen molar-refractivity contribution in [1.82, 2.24) is 4.98 Å². The first-order chi connectivity index (χ1) is 35.1. The molecule has 0 aliphatic heterocycles. The molecule has 1 aromatic heterocycles. The van der Waals surface area contributed by atoms with Crippen molar-refractivity contribution in [2.45, 2.75) is 75.7 Å². The Kier molecular flexibility index (Phi) is 17.3. The number of Topliss-reactive ketones (excluding diaryl/α,β-unsaturated/α-hetero) is 1. The van der Waals surface area contributed by atoms with E-state index in [9.17, 15) is 110 Å². The second-order valence-corrected chi connectivity index (χ2v) is 16.8. The summed E-state index contributed by atoms with van der Waals surface area (Å²) < 4.78 is 348. The van der Waals surface area contributed by atoms with E-state index in [0.717, 1.165) is 12.8 Å². The topological polar surface area (TPSA) is 43.1 Å². The Labute approximate surface area is 417 Å². The van der Waals surface area contributed by atoms with Crippen LogP contribution in [0.15, 0.2) is 122 Å². The molecule has 1 heterocycles. The maximum atomic E-state index is 14.2. The summed E-state index contributed by atoms with van der Waals surface area (Å²) in [5, 5.41) is 0. The molecule has 6 aromatic rings. The molecule has 0 aliphatic carbocycles. The number of nitrogens with zero attached hydrogens (tertiary/aromatic N) is 2. The lowest BCUT2D eigenvalue weighted by Crippen LogP contribution is -2.75. The van der Waals surface area contributed by atoms with Crippen LogP contribution in [0, 0.1) is 0 Å². The number of aromatic nitrogens is 2. The van der Waals surface area contributed by atoms with Crippen molar-refractivity contribution in [3.8, 4) is 5.88 Å². The SMILES string of the molecule is CCCCOc1cncc[n+]1CC(=O)c1ccccc1.FC(F)(F)c1cc([B-](c2cc(C(F)(F)F)cc(C(F)(F)F)c2)(c2cc(C(F)(F)F)cc(C(F)(F)F)c2)c2cc(C(F)(F)F)cc(C(F)(F)F)c2)cc(C(F)(F)F)c1. The number of benzene rings is 5. The van der Waals surface area contributed by atoms with Crippen LogP contribution in [0.5, 0.6) is 5.88 Å². The van der Waals surface area contributed by atoms with E-state index in [0.29, 0.717) is 18.1 Å². The maximum Gasteiger partial charge on any atom is 0.416 e. The van der Waals surface area contributed by atoms with Crippen LogP contribution < -0.4 is 31.2 Å². The third-order valence-corrected chi connectivity index (χ3v) is 11.4. The van der Waals surface area contributed by atoms with E-state index in [1.165, 1.54) is 0 Å². The smallest absolute Gasteiger partial charge is 0.416 e. The fourth-order valence-electron chi connectivity index (χ4n) is 7.89. The third-order valence-electron chi connectivity index (χ3n) is 11.4. The summed E-state index contributed by atoms with van der Waals surface area (Å²) in [5.41, 5.74) is -29.5. The number of hydrogen-bond acceptors (Lipinski definition) is 3. The number of rotatable bonds is 11. The summed E-state index contributed by atoms with van der Waals surface area (Å²) in [6.07, 6.45) is -47.7. The van der Waals surface area contributed by atoms with Gasteiger partial charge in [-0.05, 0) is 30.7 Å². The average molecular weight is 1130 g/mol. The molecule has 0 fully saturated rings. The lowest BCUT2D eigenvalue weighted by Gasteiger charge is -2.46. The van der Waals surface area contributed by atoms with Crippen LogP contribution in [0.4, 0.5) is 105 Å². The van der Waals surface area contributed by atoms with Gasteiger partial charge in [0.15, 0.2) is 6.20 Å². The highest BCUT2D eigenvalue weighted by molar-refractivity contribution is 7.20. The molecule has 4 nitrogen and oxygen atoms in total. The molecule has 0 unspecified atom stereocenters. The minimum atomic E-state index is -6.13. The number of unbranched alkanes of at least 4 members (excludes halogenated alkanes) is 1. The summed E-state index contributed by atoms with van der Waals surface area (Å²) >= 11 is 0. The Bertz CT molecular complexity index is 2610. The van der Waals surface area contributed by atoms with Crippen molar-refractivity contribution in [2.75, 3.05) is 6.61 Å². The van der Waals surface area contributed by atoms with E-state index in [1.54, 1.807) is 23.2 Å². The van der Waals surface area contributed by atoms with Gasteiger partial charge in [0.1, 0.15) is 12.3 Å².